The van der Waals surface area contributed by atoms with Gasteiger partial charge in [-0.25, -0.2) is 8.78 Å². The van der Waals surface area contributed by atoms with E-state index in [0.717, 1.165) is 23.3 Å². The zero-order valence-corrected chi connectivity index (χ0v) is 10.3. The molecule has 0 saturated heterocycles. The van der Waals surface area contributed by atoms with Gasteiger partial charge in [0.25, 0.3) is 0 Å². The molecule has 2 nitrogen and oxygen atoms in total. The van der Waals surface area contributed by atoms with E-state index in [1.165, 1.54) is 6.07 Å². The third kappa shape index (κ3) is 3.08. The van der Waals surface area contributed by atoms with Crippen molar-refractivity contribution in [1.29, 1.82) is 5.26 Å². The Labute approximate surface area is 109 Å². The molecule has 96 valence electrons. The molecule has 0 spiro atoms. The number of halogens is 2. The van der Waals surface area contributed by atoms with Crippen molar-refractivity contribution in [2.24, 2.45) is 0 Å². The summed E-state index contributed by atoms with van der Waals surface area (Å²) in [5.41, 5.74) is 2.30. The minimum absolute atomic E-state index is 0.00478. The topological polar surface area (TPSA) is 33.0 Å². The Hall–Kier alpha value is -2.41. The first-order valence-electron chi connectivity index (χ1n) is 5.67. The van der Waals surface area contributed by atoms with Gasteiger partial charge in [-0.1, -0.05) is 6.07 Å². The van der Waals surface area contributed by atoms with Crippen LogP contribution in [0.25, 0.3) is 0 Å². The predicted molar refractivity (Wildman–Crippen MR) is 66.6 cm³/mol. The van der Waals surface area contributed by atoms with Crippen molar-refractivity contribution in [1.82, 2.24) is 0 Å². The number of rotatable bonds is 3. The molecular weight excluding hydrogens is 248 g/mol. The SMILES string of the molecule is Cc1cc(C#N)ccc1COc1ccc(F)cc1F. The Morgan fingerprint density at radius 1 is 1.16 bits per heavy atom. The van der Waals surface area contributed by atoms with E-state index < -0.39 is 11.6 Å². The second kappa shape index (κ2) is 5.49. The molecule has 0 unspecified atom stereocenters. The Morgan fingerprint density at radius 2 is 1.95 bits per heavy atom. The molecule has 2 aromatic carbocycles. The number of nitriles is 1. The maximum atomic E-state index is 13.4. The summed E-state index contributed by atoms with van der Waals surface area (Å²) in [7, 11) is 0. The summed E-state index contributed by atoms with van der Waals surface area (Å²) in [5.74, 6) is -1.36. The van der Waals surface area contributed by atoms with E-state index in [-0.39, 0.29) is 12.4 Å². The fraction of sp³-hybridized carbons (Fsp3) is 0.133. The second-order valence-corrected chi connectivity index (χ2v) is 4.12. The monoisotopic (exact) mass is 259 g/mol. The minimum Gasteiger partial charge on any atom is -0.486 e. The normalized spacial score (nSPS) is 10.0. The van der Waals surface area contributed by atoms with Crippen LogP contribution in [0.3, 0.4) is 0 Å². The molecule has 0 aromatic heterocycles. The summed E-state index contributed by atoms with van der Waals surface area (Å²) in [5, 5.41) is 8.76. The second-order valence-electron chi connectivity index (χ2n) is 4.12. The van der Waals surface area contributed by atoms with E-state index in [2.05, 4.69) is 0 Å². The molecule has 4 heteroatoms. The number of benzene rings is 2. The summed E-state index contributed by atoms with van der Waals surface area (Å²) in [6, 6.07) is 10.4. The largest absolute Gasteiger partial charge is 0.486 e. The Kier molecular flexibility index (Phi) is 3.76. The van der Waals surface area contributed by atoms with Crippen molar-refractivity contribution >= 4 is 0 Å². The van der Waals surface area contributed by atoms with Gasteiger partial charge in [-0.2, -0.15) is 5.26 Å². The molecule has 0 bridgehead atoms. The van der Waals surface area contributed by atoms with Crippen LogP contribution in [0.15, 0.2) is 36.4 Å². The Morgan fingerprint density at radius 3 is 2.58 bits per heavy atom. The fourth-order valence-corrected chi connectivity index (χ4v) is 1.68. The van der Waals surface area contributed by atoms with Crippen LogP contribution in [0.2, 0.25) is 0 Å². The Balaban J connectivity index is 2.13. The first-order chi connectivity index (χ1) is 9.10. The lowest BCUT2D eigenvalue weighted by molar-refractivity contribution is 0.288. The lowest BCUT2D eigenvalue weighted by atomic mass is 10.1. The van der Waals surface area contributed by atoms with Gasteiger partial charge >= 0.3 is 0 Å². The van der Waals surface area contributed by atoms with E-state index >= 15 is 0 Å². The smallest absolute Gasteiger partial charge is 0.167 e. The zero-order chi connectivity index (χ0) is 13.8. The molecule has 0 N–H and O–H groups in total. The summed E-state index contributed by atoms with van der Waals surface area (Å²) in [6.45, 7) is 2.01. The van der Waals surface area contributed by atoms with Gasteiger partial charge in [0.1, 0.15) is 12.4 Å². The molecule has 0 heterocycles. The number of hydrogen-bond donors (Lipinski definition) is 0. The molecule has 0 fully saturated rings. The first-order valence-corrected chi connectivity index (χ1v) is 5.67. The number of aryl methyl sites for hydroxylation is 1. The quantitative estimate of drug-likeness (QED) is 0.841. The minimum atomic E-state index is -0.730. The number of hydrogen-bond acceptors (Lipinski definition) is 2. The number of ether oxygens (including phenoxy) is 1. The van der Waals surface area contributed by atoms with E-state index in [4.69, 9.17) is 10.00 Å². The van der Waals surface area contributed by atoms with Gasteiger partial charge in [-0.05, 0) is 42.3 Å². The van der Waals surface area contributed by atoms with E-state index in [1.807, 2.05) is 13.0 Å². The summed E-state index contributed by atoms with van der Waals surface area (Å²) >= 11 is 0. The summed E-state index contributed by atoms with van der Waals surface area (Å²) in [6.07, 6.45) is 0. The molecule has 0 amide bonds. The van der Waals surface area contributed by atoms with Crippen molar-refractivity contribution in [3.05, 3.63) is 64.7 Å². The van der Waals surface area contributed by atoms with Crippen LogP contribution in [0.5, 0.6) is 5.75 Å². The van der Waals surface area contributed by atoms with Gasteiger partial charge in [0.15, 0.2) is 11.6 Å². The molecule has 0 saturated carbocycles. The van der Waals surface area contributed by atoms with Gasteiger partial charge in [-0.3, -0.25) is 0 Å². The van der Waals surface area contributed by atoms with Gasteiger partial charge in [0.2, 0.25) is 0 Å². The van der Waals surface area contributed by atoms with Crippen LogP contribution in [-0.4, -0.2) is 0 Å². The highest BCUT2D eigenvalue weighted by Gasteiger charge is 2.06. The summed E-state index contributed by atoms with van der Waals surface area (Å²) in [4.78, 5) is 0. The van der Waals surface area contributed by atoms with Gasteiger partial charge < -0.3 is 4.74 Å². The predicted octanol–water partition coefficient (Wildman–Crippen LogP) is 3.72. The zero-order valence-electron chi connectivity index (χ0n) is 10.3. The van der Waals surface area contributed by atoms with Gasteiger partial charge in [-0.15, -0.1) is 0 Å². The highest BCUT2D eigenvalue weighted by atomic mass is 19.1. The first kappa shape index (κ1) is 13.0. The van der Waals surface area contributed by atoms with Crippen LogP contribution in [0, 0.1) is 29.9 Å². The third-order valence-electron chi connectivity index (χ3n) is 2.75. The van der Waals surface area contributed by atoms with E-state index in [0.29, 0.717) is 5.56 Å². The van der Waals surface area contributed by atoms with E-state index in [9.17, 15) is 8.78 Å². The van der Waals surface area contributed by atoms with Crippen LogP contribution < -0.4 is 4.74 Å². The lowest BCUT2D eigenvalue weighted by Crippen LogP contribution is -2.00. The highest BCUT2D eigenvalue weighted by molar-refractivity contribution is 5.37. The summed E-state index contributed by atoms with van der Waals surface area (Å²) < 4.78 is 31.4. The van der Waals surface area contributed by atoms with Gasteiger partial charge in [0.05, 0.1) is 11.6 Å². The van der Waals surface area contributed by atoms with Crippen LogP contribution >= 0.6 is 0 Å². The van der Waals surface area contributed by atoms with E-state index in [1.54, 1.807) is 18.2 Å². The lowest BCUT2D eigenvalue weighted by Gasteiger charge is -2.09. The molecule has 2 rings (SSSR count). The van der Waals surface area contributed by atoms with Gasteiger partial charge in [0, 0.05) is 6.07 Å². The van der Waals surface area contributed by atoms with Crippen molar-refractivity contribution < 1.29 is 13.5 Å². The van der Waals surface area contributed by atoms with Crippen molar-refractivity contribution in [2.75, 3.05) is 0 Å². The highest BCUT2D eigenvalue weighted by Crippen LogP contribution is 2.20. The Bertz CT molecular complexity index is 647. The van der Waals surface area contributed by atoms with Crippen LogP contribution in [0.1, 0.15) is 16.7 Å². The van der Waals surface area contributed by atoms with Crippen LogP contribution in [-0.2, 0) is 6.61 Å². The standard InChI is InChI=1S/C15H11F2NO/c1-10-6-11(8-18)2-3-12(10)9-19-15-5-4-13(16)7-14(15)17/h2-7H,9H2,1H3. The molecule has 0 aliphatic carbocycles. The maximum absolute atomic E-state index is 13.4. The molecule has 0 radical (unpaired) electrons. The molecule has 2 aromatic rings. The fourth-order valence-electron chi connectivity index (χ4n) is 1.68. The molecule has 0 aliphatic rings. The van der Waals surface area contributed by atoms with Crippen molar-refractivity contribution in [3.63, 3.8) is 0 Å². The third-order valence-corrected chi connectivity index (χ3v) is 2.75. The molecule has 0 aliphatic heterocycles. The van der Waals surface area contributed by atoms with Crippen molar-refractivity contribution in [3.8, 4) is 11.8 Å². The molecular formula is C15H11F2NO. The molecule has 0 atom stereocenters. The average molecular weight is 259 g/mol. The maximum Gasteiger partial charge on any atom is 0.167 e. The van der Waals surface area contributed by atoms with Crippen molar-refractivity contribution in [2.45, 2.75) is 13.5 Å². The van der Waals surface area contributed by atoms with Crippen LogP contribution in [0.4, 0.5) is 8.78 Å². The number of nitrogens with zero attached hydrogens (tertiary/aromatic N) is 1. The molecule has 19 heavy (non-hydrogen) atoms. The average Bonchev–Trinajstić information content (AvgIpc) is 2.39.